The van der Waals surface area contributed by atoms with Crippen LogP contribution < -0.4 is 10.6 Å². The Morgan fingerprint density at radius 1 is 1.29 bits per heavy atom. The molecule has 0 radical (unpaired) electrons. The molecule has 2 amide bonds. The second-order valence-corrected chi connectivity index (χ2v) is 5.43. The number of hydrogen-bond donors (Lipinski definition) is 3. The average molecular weight is 300 g/mol. The molecule has 4 nitrogen and oxygen atoms in total. The molecule has 3 unspecified atom stereocenters. The van der Waals surface area contributed by atoms with Crippen LogP contribution in [0.4, 0.5) is 13.6 Å². The fraction of sp³-hybridized carbons (Fsp3) is 0.533. The molecule has 0 saturated heterocycles. The Morgan fingerprint density at radius 2 is 1.95 bits per heavy atom. The number of carbonyl (C=O) groups excluding carboxylic acids is 1. The van der Waals surface area contributed by atoms with Gasteiger partial charge in [0.1, 0.15) is 11.6 Å². The second kappa shape index (κ2) is 7.93. The highest BCUT2D eigenvalue weighted by Gasteiger charge is 2.15. The van der Waals surface area contributed by atoms with Gasteiger partial charge in [-0.15, -0.1) is 0 Å². The SMILES string of the molecule is CC(O)CC(C)CNC(=O)NC(C)c1ccc(F)cc1F. The lowest BCUT2D eigenvalue weighted by Gasteiger charge is -2.18. The van der Waals surface area contributed by atoms with Crippen LogP contribution >= 0.6 is 0 Å². The molecular weight excluding hydrogens is 278 g/mol. The highest BCUT2D eigenvalue weighted by atomic mass is 19.1. The average Bonchev–Trinajstić information content (AvgIpc) is 2.35. The fourth-order valence-electron chi connectivity index (χ4n) is 2.11. The zero-order valence-corrected chi connectivity index (χ0v) is 12.5. The van der Waals surface area contributed by atoms with Crippen LogP contribution in [0.3, 0.4) is 0 Å². The standard InChI is InChI=1S/C15H22F2N2O2/c1-9(6-10(2)20)8-18-15(21)19-11(3)13-5-4-12(16)7-14(13)17/h4-5,7,9-11,20H,6,8H2,1-3H3,(H2,18,19,21). The number of aliphatic hydroxyl groups excluding tert-OH is 1. The third-order valence-electron chi connectivity index (χ3n) is 3.13. The Labute approximate surface area is 123 Å². The lowest BCUT2D eigenvalue weighted by molar-refractivity contribution is 0.163. The normalized spacial score (nSPS) is 15.1. The smallest absolute Gasteiger partial charge is 0.315 e. The van der Waals surface area contributed by atoms with E-state index in [0.717, 1.165) is 12.1 Å². The first-order valence-electron chi connectivity index (χ1n) is 6.97. The summed E-state index contributed by atoms with van der Waals surface area (Å²) in [6.45, 7) is 5.64. The van der Waals surface area contributed by atoms with Crippen LogP contribution in [0.1, 0.15) is 38.8 Å². The van der Waals surface area contributed by atoms with Crippen molar-refractivity contribution < 1.29 is 18.7 Å². The van der Waals surface area contributed by atoms with Crippen LogP contribution in [0.15, 0.2) is 18.2 Å². The number of urea groups is 1. The molecule has 3 N–H and O–H groups in total. The summed E-state index contributed by atoms with van der Waals surface area (Å²) in [7, 11) is 0. The largest absolute Gasteiger partial charge is 0.393 e. The molecule has 0 aliphatic carbocycles. The van der Waals surface area contributed by atoms with Gasteiger partial charge in [-0.05, 0) is 32.3 Å². The van der Waals surface area contributed by atoms with Gasteiger partial charge in [-0.1, -0.05) is 13.0 Å². The topological polar surface area (TPSA) is 61.4 Å². The van der Waals surface area contributed by atoms with Crippen LogP contribution in [0.25, 0.3) is 0 Å². The van der Waals surface area contributed by atoms with Gasteiger partial charge < -0.3 is 15.7 Å². The number of aliphatic hydroxyl groups is 1. The van der Waals surface area contributed by atoms with E-state index in [9.17, 15) is 18.7 Å². The van der Waals surface area contributed by atoms with Gasteiger partial charge >= 0.3 is 6.03 Å². The van der Waals surface area contributed by atoms with E-state index >= 15 is 0 Å². The molecule has 6 heteroatoms. The fourth-order valence-corrected chi connectivity index (χ4v) is 2.11. The molecule has 0 aromatic heterocycles. The van der Waals surface area contributed by atoms with Gasteiger partial charge in [-0.3, -0.25) is 0 Å². The maximum absolute atomic E-state index is 13.6. The van der Waals surface area contributed by atoms with Gasteiger partial charge in [0, 0.05) is 18.2 Å². The van der Waals surface area contributed by atoms with E-state index in [0.29, 0.717) is 13.0 Å². The van der Waals surface area contributed by atoms with Crippen molar-refractivity contribution in [1.82, 2.24) is 10.6 Å². The van der Waals surface area contributed by atoms with Crippen molar-refractivity contribution in [3.63, 3.8) is 0 Å². The number of benzene rings is 1. The van der Waals surface area contributed by atoms with Crippen LogP contribution in [-0.2, 0) is 0 Å². The van der Waals surface area contributed by atoms with Crippen molar-refractivity contribution in [2.45, 2.75) is 39.3 Å². The molecular formula is C15H22F2N2O2. The molecule has 21 heavy (non-hydrogen) atoms. The summed E-state index contributed by atoms with van der Waals surface area (Å²) in [5.74, 6) is -1.21. The lowest BCUT2D eigenvalue weighted by Crippen LogP contribution is -2.39. The van der Waals surface area contributed by atoms with E-state index in [1.165, 1.54) is 6.07 Å². The van der Waals surface area contributed by atoms with Crippen molar-refractivity contribution in [2.24, 2.45) is 5.92 Å². The Bertz CT molecular complexity index is 481. The summed E-state index contributed by atoms with van der Waals surface area (Å²) in [6.07, 6.45) is 0.166. The summed E-state index contributed by atoms with van der Waals surface area (Å²) >= 11 is 0. The molecule has 3 atom stereocenters. The van der Waals surface area contributed by atoms with Gasteiger partial charge in [0.05, 0.1) is 12.1 Å². The van der Waals surface area contributed by atoms with E-state index in [1.54, 1.807) is 13.8 Å². The molecule has 1 aromatic carbocycles. The Hall–Kier alpha value is -1.69. The number of halogens is 2. The number of nitrogens with one attached hydrogen (secondary N) is 2. The quantitative estimate of drug-likeness (QED) is 0.756. The molecule has 0 heterocycles. The lowest BCUT2D eigenvalue weighted by atomic mass is 10.1. The predicted molar refractivity (Wildman–Crippen MR) is 76.8 cm³/mol. The second-order valence-electron chi connectivity index (χ2n) is 5.43. The molecule has 0 fully saturated rings. The van der Waals surface area contributed by atoms with Crippen LogP contribution in [0.5, 0.6) is 0 Å². The van der Waals surface area contributed by atoms with E-state index in [-0.39, 0.29) is 11.5 Å². The minimum atomic E-state index is -0.690. The van der Waals surface area contributed by atoms with Crippen LogP contribution in [0.2, 0.25) is 0 Å². The van der Waals surface area contributed by atoms with E-state index in [2.05, 4.69) is 10.6 Å². The first-order valence-corrected chi connectivity index (χ1v) is 6.97. The molecule has 118 valence electrons. The minimum Gasteiger partial charge on any atom is -0.393 e. The highest BCUT2D eigenvalue weighted by molar-refractivity contribution is 5.74. The van der Waals surface area contributed by atoms with E-state index < -0.39 is 29.8 Å². The van der Waals surface area contributed by atoms with Crippen LogP contribution in [0, 0.1) is 17.6 Å². The molecule has 0 bridgehead atoms. The summed E-state index contributed by atoms with van der Waals surface area (Å²) in [5.41, 5.74) is 0.226. The third-order valence-corrected chi connectivity index (χ3v) is 3.13. The van der Waals surface area contributed by atoms with Crippen molar-refractivity contribution in [3.8, 4) is 0 Å². The van der Waals surface area contributed by atoms with Gasteiger partial charge in [0.25, 0.3) is 0 Å². The van der Waals surface area contributed by atoms with Crippen molar-refractivity contribution in [1.29, 1.82) is 0 Å². The summed E-state index contributed by atoms with van der Waals surface area (Å²) in [6, 6.07) is 2.25. The minimum absolute atomic E-state index is 0.133. The van der Waals surface area contributed by atoms with Crippen molar-refractivity contribution >= 4 is 6.03 Å². The van der Waals surface area contributed by atoms with Gasteiger partial charge in [0.2, 0.25) is 0 Å². The number of hydrogen-bond acceptors (Lipinski definition) is 2. The maximum atomic E-state index is 13.6. The van der Waals surface area contributed by atoms with Gasteiger partial charge in [-0.2, -0.15) is 0 Å². The Kier molecular flexibility index (Phi) is 6.55. The van der Waals surface area contributed by atoms with Gasteiger partial charge in [0.15, 0.2) is 0 Å². The zero-order valence-electron chi connectivity index (χ0n) is 12.5. The first-order chi connectivity index (χ1) is 9.79. The number of amides is 2. The van der Waals surface area contributed by atoms with Crippen molar-refractivity contribution in [3.05, 3.63) is 35.4 Å². The molecule has 1 rings (SSSR count). The maximum Gasteiger partial charge on any atom is 0.315 e. The highest BCUT2D eigenvalue weighted by Crippen LogP contribution is 2.17. The Balaban J connectivity index is 2.47. The third kappa shape index (κ3) is 6.08. The number of rotatable bonds is 6. The monoisotopic (exact) mass is 300 g/mol. The summed E-state index contributed by atoms with van der Waals surface area (Å²) in [4.78, 5) is 11.7. The Morgan fingerprint density at radius 3 is 2.52 bits per heavy atom. The summed E-state index contributed by atoms with van der Waals surface area (Å²) in [5, 5.41) is 14.5. The zero-order chi connectivity index (χ0) is 16.0. The molecule has 0 aliphatic heterocycles. The van der Waals surface area contributed by atoms with Crippen LogP contribution in [-0.4, -0.2) is 23.8 Å². The molecule has 0 spiro atoms. The molecule has 0 saturated carbocycles. The van der Waals surface area contributed by atoms with Gasteiger partial charge in [-0.25, -0.2) is 13.6 Å². The van der Waals surface area contributed by atoms with E-state index in [1.807, 2.05) is 6.92 Å². The first kappa shape index (κ1) is 17.4. The molecule has 0 aliphatic rings. The number of carbonyl (C=O) groups is 1. The van der Waals surface area contributed by atoms with E-state index in [4.69, 9.17) is 0 Å². The molecule has 1 aromatic rings. The predicted octanol–water partition coefficient (Wildman–Crippen LogP) is 2.73. The summed E-state index contributed by atoms with van der Waals surface area (Å²) < 4.78 is 26.4. The van der Waals surface area contributed by atoms with Crippen molar-refractivity contribution in [2.75, 3.05) is 6.54 Å².